The van der Waals surface area contributed by atoms with Crippen molar-refractivity contribution in [3.8, 4) is 17.9 Å². The van der Waals surface area contributed by atoms with Gasteiger partial charge in [-0.2, -0.15) is 5.26 Å². The predicted octanol–water partition coefficient (Wildman–Crippen LogP) is 2.41. The Balaban J connectivity index is 2.74. The molecule has 1 aromatic rings. The molecule has 18 heavy (non-hydrogen) atoms. The van der Waals surface area contributed by atoms with Crippen LogP contribution >= 0.6 is 11.8 Å². The van der Waals surface area contributed by atoms with E-state index in [1.807, 2.05) is 6.07 Å². The lowest BCUT2D eigenvalue weighted by Crippen LogP contribution is -1.97. The third-order valence-corrected chi connectivity index (χ3v) is 2.70. The molecule has 0 heterocycles. The highest BCUT2D eigenvalue weighted by Gasteiger charge is 2.04. The van der Waals surface area contributed by atoms with Crippen LogP contribution in [0.2, 0.25) is 0 Å². The van der Waals surface area contributed by atoms with E-state index in [0.29, 0.717) is 16.9 Å². The lowest BCUT2D eigenvalue weighted by atomic mass is 10.1. The van der Waals surface area contributed by atoms with E-state index in [1.165, 1.54) is 6.92 Å². The summed E-state index contributed by atoms with van der Waals surface area (Å²) in [6, 6.07) is 8.66. The second-order valence-electron chi connectivity index (χ2n) is 3.42. The van der Waals surface area contributed by atoms with E-state index in [1.54, 1.807) is 24.3 Å². The maximum Gasteiger partial charge on any atom is 0.186 e. The molecule has 1 rings (SSSR count). The van der Waals surface area contributed by atoms with E-state index in [-0.39, 0.29) is 17.3 Å². The number of carbonyl (C=O) groups excluding carboxylic acids is 2. The topological polar surface area (TPSA) is 57.9 Å². The normalized spacial score (nSPS) is 8.89. The fourth-order valence-electron chi connectivity index (χ4n) is 1.22. The fraction of sp³-hybridized carbons (Fsp3) is 0.214. The molecule has 0 aliphatic heterocycles. The number of Topliss-reactive ketones (excluding diaryl/α,β-unsaturated/α-hetero) is 1. The van der Waals surface area contributed by atoms with Gasteiger partial charge in [0.1, 0.15) is 0 Å². The molecule has 0 N–H and O–H groups in total. The summed E-state index contributed by atoms with van der Waals surface area (Å²) in [5, 5.41) is 8.49. The lowest BCUT2D eigenvalue weighted by molar-refractivity contribution is -0.109. The Morgan fingerprint density at radius 2 is 2.17 bits per heavy atom. The number of rotatable bonds is 3. The summed E-state index contributed by atoms with van der Waals surface area (Å²) in [4.78, 5) is 22.2. The van der Waals surface area contributed by atoms with Crippen molar-refractivity contribution in [2.24, 2.45) is 0 Å². The summed E-state index contributed by atoms with van der Waals surface area (Å²) in [6.07, 6.45) is -0.128. The largest absolute Gasteiger partial charge is 0.293 e. The van der Waals surface area contributed by atoms with E-state index in [9.17, 15) is 9.59 Å². The summed E-state index contributed by atoms with van der Waals surface area (Å²) in [5.74, 6) is 5.95. The van der Waals surface area contributed by atoms with Gasteiger partial charge in [-0.15, -0.1) is 0 Å². The van der Waals surface area contributed by atoms with Gasteiger partial charge in [0.25, 0.3) is 0 Å². The summed E-state index contributed by atoms with van der Waals surface area (Å²) in [5.41, 5.74) is 1.20. The number of benzene rings is 1. The highest BCUT2D eigenvalue weighted by molar-refractivity contribution is 8.13. The molecule has 0 aliphatic rings. The van der Waals surface area contributed by atoms with Crippen LogP contribution in [0.3, 0.4) is 0 Å². The van der Waals surface area contributed by atoms with Gasteiger partial charge in [-0.1, -0.05) is 35.7 Å². The molecule has 0 aliphatic carbocycles. The van der Waals surface area contributed by atoms with Crippen LogP contribution in [0.5, 0.6) is 0 Å². The van der Waals surface area contributed by atoms with Gasteiger partial charge in [-0.3, -0.25) is 9.59 Å². The molecule has 0 aromatic heterocycles. The highest BCUT2D eigenvalue weighted by Crippen LogP contribution is 2.07. The van der Waals surface area contributed by atoms with Crippen LogP contribution in [0.25, 0.3) is 0 Å². The van der Waals surface area contributed by atoms with E-state index in [4.69, 9.17) is 5.26 Å². The van der Waals surface area contributed by atoms with E-state index in [2.05, 4.69) is 11.8 Å². The molecule has 0 radical (unpaired) electrons. The summed E-state index contributed by atoms with van der Waals surface area (Å²) in [7, 11) is 0. The second-order valence-corrected chi connectivity index (χ2v) is 4.57. The highest BCUT2D eigenvalue weighted by atomic mass is 32.2. The molecule has 0 amide bonds. The van der Waals surface area contributed by atoms with Crippen molar-refractivity contribution in [1.29, 1.82) is 5.26 Å². The van der Waals surface area contributed by atoms with Crippen molar-refractivity contribution in [3.63, 3.8) is 0 Å². The molecule has 0 unspecified atom stereocenters. The van der Waals surface area contributed by atoms with E-state index in [0.717, 1.165) is 11.8 Å². The van der Waals surface area contributed by atoms with Gasteiger partial charge in [0.2, 0.25) is 0 Å². The second kappa shape index (κ2) is 7.32. The maximum absolute atomic E-state index is 11.5. The number of hydrogen-bond acceptors (Lipinski definition) is 4. The molecule has 0 saturated heterocycles. The van der Waals surface area contributed by atoms with Gasteiger partial charge in [0.15, 0.2) is 10.9 Å². The van der Waals surface area contributed by atoms with Crippen LogP contribution in [-0.2, 0) is 4.79 Å². The van der Waals surface area contributed by atoms with Crippen LogP contribution in [-0.4, -0.2) is 16.7 Å². The third-order valence-electron chi connectivity index (χ3n) is 2.00. The molecular formula is C14H11NO2S. The van der Waals surface area contributed by atoms with Gasteiger partial charge in [0, 0.05) is 18.1 Å². The van der Waals surface area contributed by atoms with Crippen molar-refractivity contribution in [2.45, 2.75) is 13.3 Å². The van der Waals surface area contributed by atoms with Gasteiger partial charge in [-0.25, -0.2) is 0 Å². The summed E-state index contributed by atoms with van der Waals surface area (Å²) < 4.78 is 0. The maximum atomic E-state index is 11.5. The SMILES string of the molecule is CC(=O)SCC#Cc1cccc(C(=O)CC#N)c1. The fourth-order valence-corrected chi connectivity index (χ4v) is 1.57. The number of thioether (sulfide) groups is 1. The molecule has 0 atom stereocenters. The van der Waals surface area contributed by atoms with Crippen LogP contribution < -0.4 is 0 Å². The Morgan fingerprint density at radius 1 is 1.39 bits per heavy atom. The van der Waals surface area contributed by atoms with E-state index < -0.39 is 0 Å². The van der Waals surface area contributed by atoms with Crippen molar-refractivity contribution >= 4 is 22.7 Å². The average Bonchev–Trinajstić information content (AvgIpc) is 2.35. The number of nitriles is 1. The molecule has 0 saturated carbocycles. The molecule has 90 valence electrons. The minimum absolute atomic E-state index is 0.0299. The Bertz CT molecular complexity index is 561. The van der Waals surface area contributed by atoms with Gasteiger partial charge < -0.3 is 0 Å². The quantitative estimate of drug-likeness (QED) is 0.616. The van der Waals surface area contributed by atoms with Crippen molar-refractivity contribution in [1.82, 2.24) is 0 Å². The molecule has 0 bridgehead atoms. The number of hydrogen-bond donors (Lipinski definition) is 0. The molecule has 4 heteroatoms. The number of ketones is 1. The Labute approximate surface area is 110 Å². The summed E-state index contributed by atoms with van der Waals surface area (Å²) in [6.45, 7) is 1.49. The average molecular weight is 257 g/mol. The Morgan fingerprint density at radius 3 is 2.83 bits per heavy atom. The van der Waals surface area contributed by atoms with Crippen molar-refractivity contribution in [3.05, 3.63) is 35.4 Å². The zero-order chi connectivity index (χ0) is 13.4. The Hall–Kier alpha value is -2.04. The predicted molar refractivity (Wildman–Crippen MR) is 71.0 cm³/mol. The third kappa shape index (κ3) is 4.86. The van der Waals surface area contributed by atoms with Gasteiger partial charge in [-0.05, 0) is 12.1 Å². The Kier molecular flexibility index (Phi) is 5.70. The first-order chi connectivity index (χ1) is 8.63. The zero-order valence-electron chi connectivity index (χ0n) is 9.90. The standard InChI is InChI=1S/C14H11NO2S/c1-11(16)18-9-3-5-12-4-2-6-13(10-12)14(17)7-8-15/h2,4,6,10H,7,9H2,1H3. The number of carbonyl (C=O) groups is 2. The molecular weight excluding hydrogens is 246 g/mol. The first-order valence-electron chi connectivity index (χ1n) is 5.26. The minimum Gasteiger partial charge on any atom is -0.293 e. The minimum atomic E-state index is -0.209. The van der Waals surface area contributed by atoms with Crippen LogP contribution in [0.15, 0.2) is 24.3 Å². The summed E-state index contributed by atoms with van der Waals surface area (Å²) >= 11 is 1.15. The first kappa shape index (κ1) is 14.0. The first-order valence-corrected chi connectivity index (χ1v) is 6.24. The van der Waals surface area contributed by atoms with Crippen molar-refractivity contribution < 1.29 is 9.59 Å². The zero-order valence-corrected chi connectivity index (χ0v) is 10.7. The number of nitrogens with zero attached hydrogens (tertiary/aromatic N) is 1. The monoisotopic (exact) mass is 257 g/mol. The molecule has 3 nitrogen and oxygen atoms in total. The lowest BCUT2D eigenvalue weighted by Gasteiger charge is -1.97. The molecule has 0 fully saturated rings. The smallest absolute Gasteiger partial charge is 0.186 e. The molecule has 0 spiro atoms. The molecule has 1 aromatic carbocycles. The van der Waals surface area contributed by atoms with E-state index >= 15 is 0 Å². The van der Waals surface area contributed by atoms with Crippen molar-refractivity contribution in [2.75, 3.05) is 5.75 Å². The van der Waals surface area contributed by atoms with Gasteiger partial charge in [0.05, 0.1) is 18.2 Å². The van der Waals surface area contributed by atoms with Crippen LogP contribution in [0, 0.1) is 23.2 Å². The van der Waals surface area contributed by atoms with Crippen LogP contribution in [0.4, 0.5) is 0 Å². The van der Waals surface area contributed by atoms with Crippen LogP contribution in [0.1, 0.15) is 29.3 Å². The van der Waals surface area contributed by atoms with Gasteiger partial charge >= 0.3 is 0 Å².